The van der Waals surface area contributed by atoms with E-state index in [1.165, 1.54) is 39.4 Å². The van der Waals surface area contributed by atoms with Gasteiger partial charge >= 0.3 is 11.8 Å². The number of hydrogen-bond donors (Lipinski definition) is 6. The van der Waals surface area contributed by atoms with E-state index >= 15 is 0 Å². The predicted octanol–water partition coefficient (Wildman–Crippen LogP) is 4.31. The summed E-state index contributed by atoms with van der Waals surface area (Å²) in [6, 6.07) is 0. The SMILES string of the molecule is COCCCNC(=O)CC(=O)O[C@H]1[C@H](C)[C@H](O)[C@H](C)[C@@H](O)[C@@H](C)/C=C/C=C(/C)C(=O)NC2=C3NC4(CCN(CC(C)I)CC4)N=C3c3c(c(O)c(C)c4c3C(=O)[C@@](C)(O/C=C/[C@H](OC)[C@H]1C)O4)C2=O. The Morgan fingerprint density at radius 3 is 2.35 bits per heavy atom. The number of rotatable bonds is 10. The fraction of sp³-hybridized carbons (Fsp3) is 0.600. The number of Topliss-reactive ketones (excluding diaryl/α,β-unsaturated/α-hetero) is 2. The van der Waals surface area contributed by atoms with Gasteiger partial charge in [-0.25, -0.2) is 0 Å². The molecule has 5 bridgehead atoms. The van der Waals surface area contributed by atoms with Gasteiger partial charge in [-0.3, -0.25) is 29.0 Å². The van der Waals surface area contributed by atoms with Crippen LogP contribution in [0.5, 0.6) is 11.5 Å². The first-order valence-electron chi connectivity index (χ1n) is 23.6. The van der Waals surface area contributed by atoms with Gasteiger partial charge in [-0.1, -0.05) is 75.4 Å². The van der Waals surface area contributed by atoms with Gasteiger partial charge in [0.25, 0.3) is 11.7 Å². The average Bonchev–Trinajstić information content (AvgIpc) is 3.81. The topological polar surface area (TPSA) is 244 Å². The normalized spacial score (nSPS) is 31.6. The number of carbonyl (C=O) groups excluding carboxylic acids is 5. The molecule has 1 unspecified atom stereocenters. The van der Waals surface area contributed by atoms with Gasteiger partial charge in [-0.15, -0.1) is 0 Å². The van der Waals surface area contributed by atoms with E-state index in [-0.39, 0.29) is 57.2 Å². The van der Waals surface area contributed by atoms with Crippen LogP contribution in [-0.2, 0) is 33.3 Å². The number of nitrogens with zero attached hydrogens (tertiary/aromatic N) is 2. The molecule has 5 aliphatic heterocycles. The van der Waals surface area contributed by atoms with Gasteiger partial charge in [-0.05, 0) is 26.3 Å². The Morgan fingerprint density at radius 2 is 1.70 bits per heavy atom. The summed E-state index contributed by atoms with van der Waals surface area (Å²) in [6.07, 6.45) is 4.25. The molecule has 10 atom stereocenters. The Labute approximate surface area is 417 Å². The summed E-state index contributed by atoms with van der Waals surface area (Å²) in [7, 11) is 2.97. The first-order chi connectivity index (χ1) is 32.6. The quantitative estimate of drug-likeness (QED) is 0.0629. The first kappa shape index (κ1) is 53.7. The van der Waals surface area contributed by atoms with Gasteiger partial charge in [0.05, 0.1) is 47.1 Å². The number of ether oxygens (including phenoxy) is 5. The molecule has 1 fully saturated rings. The third kappa shape index (κ3) is 11.3. The van der Waals surface area contributed by atoms with E-state index in [4.69, 9.17) is 28.7 Å². The van der Waals surface area contributed by atoms with Crippen molar-refractivity contribution in [3.05, 3.63) is 69.8 Å². The maximum Gasteiger partial charge on any atom is 0.315 e. The highest BCUT2D eigenvalue weighted by Gasteiger charge is 2.54. The Morgan fingerprint density at radius 1 is 1.00 bits per heavy atom. The monoisotopic (exact) mass is 1070 g/mol. The molecule has 0 radical (unpaired) electrons. The molecule has 1 saturated heterocycles. The number of aliphatic hydroxyl groups is 2. The highest BCUT2D eigenvalue weighted by atomic mass is 127. The number of alkyl halides is 1. The maximum atomic E-state index is 14.9. The van der Waals surface area contributed by atoms with Crippen LogP contribution in [0.2, 0.25) is 0 Å². The molecule has 378 valence electrons. The van der Waals surface area contributed by atoms with E-state index in [2.05, 4.69) is 50.4 Å². The summed E-state index contributed by atoms with van der Waals surface area (Å²) in [5, 5.41) is 44.2. The Kier molecular flexibility index (Phi) is 17.3. The van der Waals surface area contributed by atoms with Crippen LogP contribution < -0.4 is 20.7 Å². The van der Waals surface area contributed by atoms with Crippen molar-refractivity contribution in [3.8, 4) is 11.5 Å². The number of ketones is 2. The van der Waals surface area contributed by atoms with E-state index in [1.54, 1.807) is 53.9 Å². The van der Waals surface area contributed by atoms with E-state index < -0.39 is 101 Å². The highest BCUT2D eigenvalue weighted by molar-refractivity contribution is 14.1. The molecular weight excluding hydrogens is 1010 g/mol. The standard InChI is InChI=1S/C50H68IN5O13/c1-25-13-11-14-26(2)48(64)53-40-39-38(54-50(55-39)16-19-56(20-17-50)24-27(3)51)35-36(44(40)62)43(61)31(7)46-37(35)47(63)49(8,69-46)67-22-15-32(66-10)28(4)45(30(6)42(60)29(5)41(25)59)68-34(58)23-33(57)52-18-12-21-65-9/h11,13-15,22,25,27-30,32,41-42,45,55,59-61H,12,16-21,23-24H2,1-10H3,(H,52,57)(H,53,64)/b13-11+,22-15+,26-14-/t25-,27?,28+,29+,30+,32-,41-,42+,45+,49-/m0/s1. The lowest BCUT2D eigenvalue weighted by Crippen LogP contribution is -2.51. The van der Waals surface area contributed by atoms with Crippen LogP contribution in [-0.4, -0.2) is 142 Å². The summed E-state index contributed by atoms with van der Waals surface area (Å²) in [5.74, 6) is -8.77. The van der Waals surface area contributed by atoms with E-state index in [1.807, 2.05) is 0 Å². The molecule has 69 heavy (non-hydrogen) atoms. The van der Waals surface area contributed by atoms with Crippen LogP contribution in [0.25, 0.3) is 0 Å². The zero-order valence-corrected chi connectivity index (χ0v) is 43.3. The van der Waals surface area contributed by atoms with Crippen LogP contribution in [0.1, 0.15) is 106 Å². The van der Waals surface area contributed by atoms with Crippen molar-refractivity contribution >= 4 is 57.7 Å². The van der Waals surface area contributed by atoms with Gasteiger partial charge in [0.15, 0.2) is 0 Å². The van der Waals surface area contributed by atoms with Crippen LogP contribution in [0.4, 0.5) is 0 Å². The predicted molar refractivity (Wildman–Crippen MR) is 264 cm³/mol. The van der Waals surface area contributed by atoms with Crippen molar-refractivity contribution in [1.29, 1.82) is 0 Å². The zero-order valence-electron chi connectivity index (χ0n) is 41.1. The minimum absolute atomic E-state index is 0.00269. The number of aromatic hydroxyl groups is 1. The number of phenolic OH excluding ortho intramolecular Hbond substituents is 1. The second-order valence-corrected chi connectivity index (χ2v) is 21.3. The van der Waals surface area contributed by atoms with Crippen LogP contribution in [0.3, 0.4) is 0 Å². The molecule has 0 saturated carbocycles. The number of amides is 2. The number of fused-ring (bicyclic) bond motifs is 13. The summed E-state index contributed by atoms with van der Waals surface area (Å²) >= 11 is 2.39. The summed E-state index contributed by atoms with van der Waals surface area (Å²) < 4.78 is 29.8. The molecule has 1 aromatic carbocycles. The van der Waals surface area contributed by atoms with Gasteiger partial charge in [0.2, 0.25) is 11.7 Å². The highest BCUT2D eigenvalue weighted by Crippen LogP contribution is 2.50. The molecule has 6 N–H and O–H groups in total. The van der Waals surface area contributed by atoms with E-state index in [0.29, 0.717) is 42.9 Å². The number of piperidine rings is 1. The Hall–Kier alpha value is -4.67. The van der Waals surface area contributed by atoms with Gasteiger partial charge in [0, 0.05) is 111 Å². The molecule has 6 aliphatic rings. The van der Waals surface area contributed by atoms with Crippen molar-refractivity contribution < 1.29 is 63.0 Å². The molecule has 2 amide bonds. The smallest absolute Gasteiger partial charge is 0.315 e. The molecular formula is C50H68IN5O13. The largest absolute Gasteiger partial charge is 0.507 e. The number of phenols is 1. The number of halogens is 1. The fourth-order valence-corrected chi connectivity index (χ4v) is 10.3. The van der Waals surface area contributed by atoms with E-state index in [9.17, 15) is 39.3 Å². The summed E-state index contributed by atoms with van der Waals surface area (Å²) in [5.41, 5.74) is -0.444. The average molecular weight is 1070 g/mol. The third-order valence-corrected chi connectivity index (χ3v) is 14.4. The molecule has 19 heteroatoms. The van der Waals surface area contributed by atoms with Crippen LogP contribution >= 0.6 is 22.6 Å². The van der Waals surface area contributed by atoms with Crippen LogP contribution in [0.15, 0.2) is 52.5 Å². The second kappa shape index (κ2) is 22.2. The minimum Gasteiger partial charge on any atom is -0.507 e. The number of nitrogens with one attached hydrogen (secondary N) is 3. The number of aliphatic hydroxyl groups excluding tert-OH is 2. The molecule has 1 aliphatic carbocycles. The minimum atomic E-state index is -2.03. The number of likely N-dealkylation sites (tertiary alicyclic amines) is 1. The van der Waals surface area contributed by atoms with Crippen LogP contribution in [0, 0.1) is 30.6 Å². The lowest BCUT2D eigenvalue weighted by molar-refractivity contribution is -0.164. The fourth-order valence-electron chi connectivity index (χ4n) is 9.75. The van der Waals surface area contributed by atoms with Gasteiger partial charge < -0.3 is 59.9 Å². The van der Waals surface area contributed by atoms with Gasteiger partial charge in [-0.2, -0.15) is 0 Å². The Bertz CT molecular complexity index is 2340. The molecule has 1 aromatic rings. The van der Waals surface area contributed by atoms with Crippen molar-refractivity contribution in [2.75, 3.05) is 47.0 Å². The molecule has 5 heterocycles. The molecule has 1 spiro atoms. The number of allylic oxidation sites excluding steroid dienone is 4. The maximum absolute atomic E-state index is 14.9. The van der Waals surface area contributed by atoms with Crippen molar-refractivity contribution in [1.82, 2.24) is 20.9 Å². The number of benzene rings is 1. The summed E-state index contributed by atoms with van der Waals surface area (Å²) in [6.45, 7) is 16.4. The third-order valence-electron chi connectivity index (χ3n) is 14.0. The van der Waals surface area contributed by atoms with Crippen molar-refractivity contribution in [2.24, 2.45) is 28.7 Å². The summed E-state index contributed by atoms with van der Waals surface area (Å²) in [4.78, 5) is 77.3. The second-order valence-electron chi connectivity index (χ2n) is 19.2. The zero-order chi connectivity index (χ0) is 50.7. The van der Waals surface area contributed by atoms with Crippen molar-refractivity contribution in [3.63, 3.8) is 0 Å². The molecule has 7 rings (SSSR count). The first-order valence-corrected chi connectivity index (χ1v) is 24.9. The Balaban J connectivity index is 1.43. The lowest BCUT2D eigenvalue weighted by Gasteiger charge is -2.38. The molecule has 0 aromatic heterocycles. The van der Waals surface area contributed by atoms with Gasteiger partial charge in [0.1, 0.15) is 35.4 Å². The van der Waals surface area contributed by atoms with E-state index in [0.717, 1.165) is 6.54 Å². The number of hydrogen-bond acceptors (Lipinski definition) is 16. The molecule has 18 nitrogen and oxygen atoms in total. The number of methoxy groups -OCH3 is 2. The number of esters is 1. The number of aliphatic imine (C=N–C) groups is 1. The number of carbonyl (C=O) groups is 5. The lowest BCUT2D eigenvalue weighted by atomic mass is 9.78. The van der Waals surface area contributed by atoms with Crippen molar-refractivity contribution in [2.45, 2.75) is 121 Å².